The lowest BCUT2D eigenvalue weighted by atomic mass is 9.89. The number of likely N-dealkylation sites (tertiary alicyclic amines) is 1. The van der Waals surface area contributed by atoms with Crippen molar-refractivity contribution < 1.29 is 26.4 Å². The third-order valence-corrected chi connectivity index (χ3v) is 7.08. The van der Waals surface area contributed by atoms with Gasteiger partial charge in [0.15, 0.2) is 5.67 Å². The van der Waals surface area contributed by atoms with Gasteiger partial charge < -0.3 is 4.90 Å². The van der Waals surface area contributed by atoms with Crippen LogP contribution < -0.4 is 4.72 Å². The van der Waals surface area contributed by atoms with Gasteiger partial charge >= 0.3 is 0 Å². The van der Waals surface area contributed by atoms with Crippen LogP contribution in [0.25, 0.3) is 11.1 Å². The van der Waals surface area contributed by atoms with Crippen LogP contribution in [0.15, 0.2) is 42.5 Å². The van der Waals surface area contributed by atoms with Crippen LogP contribution in [0.2, 0.25) is 0 Å². The summed E-state index contributed by atoms with van der Waals surface area (Å²) in [7, 11) is -3.41. The Kier molecular flexibility index (Phi) is 5.17. The molecule has 1 aliphatic heterocycles. The number of hydrogen-bond acceptors (Lipinski definition) is 3. The second kappa shape index (κ2) is 7.34. The fourth-order valence-corrected chi connectivity index (χ4v) is 4.86. The summed E-state index contributed by atoms with van der Waals surface area (Å²) in [5.41, 5.74) is -3.65. The summed E-state index contributed by atoms with van der Waals surface area (Å²) in [6.07, 6.45) is 1.53. The lowest BCUT2D eigenvalue weighted by Gasteiger charge is -2.43. The third kappa shape index (κ3) is 3.63. The van der Waals surface area contributed by atoms with Crippen molar-refractivity contribution in [2.45, 2.75) is 31.5 Å². The average molecular weight is 452 g/mol. The Labute approximate surface area is 179 Å². The van der Waals surface area contributed by atoms with Gasteiger partial charge in [0.05, 0.1) is 17.2 Å². The quantitative estimate of drug-likeness (QED) is 0.731. The molecule has 1 aliphatic carbocycles. The number of halogens is 3. The number of rotatable bonds is 6. The number of hydrogen-bond donors (Lipinski definition) is 1. The maximum absolute atomic E-state index is 16.2. The predicted octanol–water partition coefficient (Wildman–Crippen LogP) is 3.36. The van der Waals surface area contributed by atoms with Gasteiger partial charge in [-0.1, -0.05) is 30.3 Å². The molecular formula is C22H23F3N2O3S. The molecule has 2 aromatic rings. The summed E-state index contributed by atoms with van der Waals surface area (Å²) in [5, 5.41) is 0. The molecular weight excluding hydrogens is 429 g/mol. The molecule has 1 N–H and O–H groups in total. The molecule has 2 aliphatic rings. The molecule has 166 valence electrons. The van der Waals surface area contributed by atoms with Gasteiger partial charge in [0.2, 0.25) is 15.9 Å². The van der Waals surface area contributed by atoms with E-state index in [4.69, 9.17) is 0 Å². The molecule has 0 aromatic heterocycles. The molecule has 0 spiro atoms. The lowest BCUT2D eigenvalue weighted by molar-refractivity contribution is -0.146. The number of carbonyl (C=O) groups is 1. The first-order chi connectivity index (χ1) is 14.5. The summed E-state index contributed by atoms with van der Waals surface area (Å²) in [5.74, 6) is -2.04. The van der Waals surface area contributed by atoms with E-state index in [1.165, 1.54) is 30.0 Å². The minimum absolute atomic E-state index is 0.0664. The van der Waals surface area contributed by atoms with Gasteiger partial charge in [-0.2, -0.15) is 0 Å². The Morgan fingerprint density at radius 3 is 2.39 bits per heavy atom. The summed E-state index contributed by atoms with van der Waals surface area (Å²) in [6.45, 7) is 1.98. The van der Waals surface area contributed by atoms with E-state index in [0.29, 0.717) is 13.0 Å². The van der Waals surface area contributed by atoms with Gasteiger partial charge in [-0.15, -0.1) is 0 Å². The Hall–Kier alpha value is -2.39. The Balaban J connectivity index is 1.63. The zero-order valence-electron chi connectivity index (χ0n) is 17.2. The Morgan fingerprint density at radius 1 is 1.16 bits per heavy atom. The van der Waals surface area contributed by atoms with Gasteiger partial charge in [0.25, 0.3) is 0 Å². The number of alkyl halides is 1. The van der Waals surface area contributed by atoms with E-state index in [-0.39, 0.29) is 35.7 Å². The fraction of sp³-hybridized carbons (Fsp3) is 0.409. The number of benzene rings is 2. The maximum Gasteiger partial charge on any atom is 0.232 e. The van der Waals surface area contributed by atoms with Crippen LogP contribution in [0.1, 0.15) is 25.3 Å². The van der Waals surface area contributed by atoms with Crippen LogP contribution in [0.4, 0.5) is 13.2 Å². The van der Waals surface area contributed by atoms with E-state index in [1.807, 2.05) is 0 Å². The van der Waals surface area contributed by atoms with Crippen LogP contribution in [-0.4, -0.2) is 44.6 Å². The third-order valence-electron chi connectivity index (χ3n) is 6.39. The molecule has 1 heterocycles. The number of nitrogens with zero attached hydrogens (tertiary/aromatic N) is 1. The van der Waals surface area contributed by atoms with Crippen molar-refractivity contribution in [3.8, 4) is 11.1 Å². The van der Waals surface area contributed by atoms with E-state index in [1.54, 1.807) is 12.1 Å². The minimum Gasteiger partial charge on any atom is -0.338 e. The van der Waals surface area contributed by atoms with E-state index in [0.717, 1.165) is 18.4 Å². The largest absolute Gasteiger partial charge is 0.338 e. The molecule has 0 unspecified atom stereocenters. The van der Waals surface area contributed by atoms with Crippen LogP contribution >= 0.6 is 0 Å². The molecule has 4 rings (SSSR count). The molecule has 5 nitrogen and oxygen atoms in total. The zero-order chi connectivity index (χ0) is 22.6. The van der Waals surface area contributed by atoms with Crippen molar-refractivity contribution in [1.29, 1.82) is 0 Å². The molecule has 1 amide bonds. The molecule has 0 bridgehead atoms. The summed E-state index contributed by atoms with van der Waals surface area (Å²) >= 11 is 0. The highest BCUT2D eigenvalue weighted by Gasteiger charge is 2.73. The highest BCUT2D eigenvalue weighted by Crippen LogP contribution is 2.68. The monoisotopic (exact) mass is 452 g/mol. The SMILES string of the molecule is C[C@]1(C(=O)N2CC[C@H]2CNS(C)(=O)=O)C[C@]1(F)c1ccccc1-c1c(F)cccc1F. The summed E-state index contributed by atoms with van der Waals surface area (Å²) in [4.78, 5) is 14.7. The van der Waals surface area contributed by atoms with Gasteiger partial charge in [-0.05, 0) is 36.6 Å². The molecule has 0 radical (unpaired) electrons. The van der Waals surface area contributed by atoms with Gasteiger partial charge in [-0.25, -0.2) is 26.3 Å². The normalized spacial score (nSPS) is 27.6. The average Bonchev–Trinajstić information content (AvgIpc) is 3.24. The number of carbonyl (C=O) groups excluding carboxylic acids is 1. The fourth-order valence-electron chi connectivity index (χ4n) is 4.37. The summed E-state index contributed by atoms with van der Waals surface area (Å²) in [6, 6.07) is 9.16. The molecule has 2 aromatic carbocycles. The van der Waals surface area contributed by atoms with Crippen LogP contribution in [0.5, 0.6) is 0 Å². The number of nitrogens with one attached hydrogen (secondary N) is 1. The second-order valence-corrected chi connectivity index (χ2v) is 10.3. The first-order valence-electron chi connectivity index (χ1n) is 9.96. The topological polar surface area (TPSA) is 66.5 Å². The van der Waals surface area contributed by atoms with Gasteiger partial charge in [0.1, 0.15) is 11.6 Å². The van der Waals surface area contributed by atoms with Crippen molar-refractivity contribution in [2.24, 2.45) is 5.41 Å². The highest BCUT2D eigenvalue weighted by atomic mass is 32.2. The van der Waals surface area contributed by atoms with Crippen molar-refractivity contribution in [3.63, 3.8) is 0 Å². The smallest absolute Gasteiger partial charge is 0.232 e. The molecule has 3 atom stereocenters. The van der Waals surface area contributed by atoms with Crippen molar-refractivity contribution >= 4 is 15.9 Å². The highest BCUT2D eigenvalue weighted by molar-refractivity contribution is 7.88. The van der Waals surface area contributed by atoms with Crippen molar-refractivity contribution in [2.75, 3.05) is 19.3 Å². The number of amides is 1. The Morgan fingerprint density at radius 2 is 1.81 bits per heavy atom. The van der Waals surface area contributed by atoms with E-state index >= 15 is 4.39 Å². The second-order valence-electron chi connectivity index (χ2n) is 8.51. The van der Waals surface area contributed by atoms with Crippen LogP contribution in [0, 0.1) is 17.0 Å². The van der Waals surface area contributed by atoms with E-state index < -0.39 is 38.6 Å². The first-order valence-corrected chi connectivity index (χ1v) is 11.9. The zero-order valence-corrected chi connectivity index (χ0v) is 18.0. The van der Waals surface area contributed by atoms with Gasteiger partial charge in [0, 0.05) is 25.6 Å². The predicted molar refractivity (Wildman–Crippen MR) is 110 cm³/mol. The van der Waals surface area contributed by atoms with Crippen molar-refractivity contribution in [1.82, 2.24) is 9.62 Å². The minimum atomic E-state index is -3.41. The van der Waals surface area contributed by atoms with Gasteiger partial charge in [-0.3, -0.25) is 4.79 Å². The lowest BCUT2D eigenvalue weighted by Crippen LogP contribution is -2.58. The molecule has 1 saturated heterocycles. The van der Waals surface area contributed by atoms with Crippen LogP contribution in [0.3, 0.4) is 0 Å². The molecule has 1 saturated carbocycles. The maximum atomic E-state index is 16.2. The van der Waals surface area contributed by atoms with E-state index in [9.17, 15) is 22.0 Å². The van der Waals surface area contributed by atoms with E-state index in [2.05, 4.69) is 4.72 Å². The molecule has 31 heavy (non-hydrogen) atoms. The summed E-state index contributed by atoms with van der Waals surface area (Å²) < 4.78 is 70.0. The molecule has 9 heteroatoms. The molecule has 2 fully saturated rings. The van der Waals surface area contributed by atoms with Crippen LogP contribution in [-0.2, 0) is 20.5 Å². The Bertz CT molecular complexity index is 1140. The van der Waals surface area contributed by atoms with Crippen molar-refractivity contribution in [3.05, 3.63) is 59.7 Å². The first kappa shape index (κ1) is 21.8. The number of sulfonamides is 1. The standard InChI is InChI=1S/C22H23F3N2O3S/c1-21(20(28)27-11-10-14(27)12-26-31(2,29)30)13-22(21,25)16-7-4-3-6-15(16)19-17(23)8-5-9-18(19)24/h3-9,14,26H,10-13H2,1-2H3/t14-,21+,22-/m0/s1.